The smallest absolute Gasteiger partial charge is 0.321 e. The number of aryl methyl sites for hydroxylation is 1. The normalized spacial score (nSPS) is 25.8. The minimum Gasteiger partial charge on any atom is -0.480 e. The van der Waals surface area contributed by atoms with Gasteiger partial charge in [-0.25, -0.2) is 0 Å². The predicted octanol–water partition coefficient (Wildman–Crippen LogP) is 5.59. The van der Waals surface area contributed by atoms with Crippen LogP contribution in [0.25, 0.3) is 0 Å². The molecule has 3 fully saturated rings. The van der Waals surface area contributed by atoms with Crippen molar-refractivity contribution in [2.75, 3.05) is 32.7 Å². The van der Waals surface area contributed by atoms with E-state index < -0.39 is 11.6 Å². The Hall–Kier alpha value is -2.21. The van der Waals surface area contributed by atoms with Gasteiger partial charge in [-0.2, -0.15) is 0 Å². The van der Waals surface area contributed by atoms with Gasteiger partial charge >= 0.3 is 5.97 Å². The van der Waals surface area contributed by atoms with Gasteiger partial charge in [-0.05, 0) is 67.9 Å². The van der Waals surface area contributed by atoms with E-state index in [-0.39, 0.29) is 12.0 Å². The molecular formula is C33H46N2O3. The first kappa shape index (κ1) is 27.4. The van der Waals surface area contributed by atoms with Crippen molar-refractivity contribution in [1.29, 1.82) is 0 Å². The fourth-order valence-electron chi connectivity index (χ4n) is 7.50. The standard InChI is InChI=1S/C33H46N2O3/c36-32(37)31(28-16-8-3-9-17-28)35-24-29(30(25-35)27-14-6-2-7-15-27)23-34-21-19-33(38,20-22-34)18-10-13-26-11-4-1-5-12-26/h1-2,4-7,11-12,14-15,28-31,38H,3,8-10,13,16-25H2,(H,36,37)/t29-,30+,31?/m0/s1. The van der Waals surface area contributed by atoms with Crippen LogP contribution in [0.5, 0.6) is 0 Å². The quantitative estimate of drug-likeness (QED) is 0.430. The number of likely N-dealkylation sites (tertiary alicyclic amines) is 2. The summed E-state index contributed by atoms with van der Waals surface area (Å²) >= 11 is 0. The molecular weight excluding hydrogens is 472 g/mol. The molecule has 0 radical (unpaired) electrons. The van der Waals surface area contributed by atoms with Crippen LogP contribution < -0.4 is 0 Å². The number of aliphatic hydroxyl groups is 1. The van der Waals surface area contributed by atoms with Crippen LogP contribution in [0.2, 0.25) is 0 Å². The van der Waals surface area contributed by atoms with Gasteiger partial charge in [0.05, 0.1) is 5.60 Å². The van der Waals surface area contributed by atoms with Crippen molar-refractivity contribution >= 4 is 5.97 Å². The van der Waals surface area contributed by atoms with Gasteiger partial charge < -0.3 is 15.1 Å². The van der Waals surface area contributed by atoms with Gasteiger partial charge in [0.25, 0.3) is 0 Å². The van der Waals surface area contributed by atoms with Crippen LogP contribution in [0.15, 0.2) is 60.7 Å². The lowest BCUT2D eigenvalue weighted by molar-refractivity contribution is -0.145. The van der Waals surface area contributed by atoms with Crippen LogP contribution in [-0.2, 0) is 11.2 Å². The highest BCUT2D eigenvalue weighted by molar-refractivity contribution is 5.74. The Balaban J connectivity index is 1.20. The molecule has 5 heteroatoms. The molecule has 0 bridgehead atoms. The van der Waals surface area contributed by atoms with E-state index in [2.05, 4.69) is 70.5 Å². The molecule has 38 heavy (non-hydrogen) atoms. The zero-order valence-corrected chi connectivity index (χ0v) is 22.9. The Morgan fingerprint density at radius 2 is 1.58 bits per heavy atom. The van der Waals surface area contributed by atoms with E-state index in [0.29, 0.717) is 11.8 Å². The van der Waals surface area contributed by atoms with Crippen molar-refractivity contribution in [1.82, 2.24) is 9.80 Å². The van der Waals surface area contributed by atoms with Gasteiger partial charge in [0.2, 0.25) is 0 Å². The summed E-state index contributed by atoms with van der Waals surface area (Å²) in [5.41, 5.74) is 2.13. The number of benzene rings is 2. The second-order valence-corrected chi connectivity index (χ2v) is 12.3. The highest BCUT2D eigenvalue weighted by Crippen LogP contribution is 2.39. The lowest BCUT2D eigenvalue weighted by atomic mass is 9.83. The Kier molecular flexibility index (Phi) is 9.19. The van der Waals surface area contributed by atoms with E-state index in [4.69, 9.17) is 0 Å². The molecule has 3 atom stereocenters. The number of carboxylic acid groups (broad SMARTS) is 1. The molecule has 2 aromatic rings. The molecule has 2 aromatic carbocycles. The average Bonchev–Trinajstić information content (AvgIpc) is 3.34. The van der Waals surface area contributed by atoms with Crippen molar-refractivity contribution in [2.24, 2.45) is 11.8 Å². The van der Waals surface area contributed by atoms with Crippen LogP contribution >= 0.6 is 0 Å². The second kappa shape index (κ2) is 12.8. The Labute approximate surface area is 228 Å². The summed E-state index contributed by atoms with van der Waals surface area (Å²) in [6.45, 7) is 4.51. The highest BCUT2D eigenvalue weighted by Gasteiger charge is 2.43. The topological polar surface area (TPSA) is 64.0 Å². The first-order valence-corrected chi connectivity index (χ1v) is 15.0. The van der Waals surface area contributed by atoms with Gasteiger partial charge in [0.15, 0.2) is 0 Å². The monoisotopic (exact) mass is 518 g/mol. The number of carbonyl (C=O) groups is 1. The van der Waals surface area contributed by atoms with Gasteiger partial charge in [0.1, 0.15) is 6.04 Å². The largest absolute Gasteiger partial charge is 0.480 e. The van der Waals surface area contributed by atoms with E-state index in [9.17, 15) is 15.0 Å². The minimum absolute atomic E-state index is 0.275. The summed E-state index contributed by atoms with van der Waals surface area (Å²) in [6.07, 6.45) is 10.2. The lowest BCUT2D eigenvalue weighted by Crippen LogP contribution is -2.47. The molecule has 5 rings (SSSR count). The third-order valence-electron chi connectivity index (χ3n) is 9.67. The van der Waals surface area contributed by atoms with Crippen LogP contribution in [0.1, 0.15) is 74.8 Å². The number of piperidine rings is 1. The third-order valence-corrected chi connectivity index (χ3v) is 9.67. The van der Waals surface area contributed by atoms with Crippen molar-refractivity contribution in [3.05, 3.63) is 71.8 Å². The van der Waals surface area contributed by atoms with Crippen LogP contribution in [0.3, 0.4) is 0 Å². The minimum atomic E-state index is -0.636. The maximum atomic E-state index is 12.5. The van der Waals surface area contributed by atoms with Gasteiger partial charge in [-0.3, -0.25) is 9.69 Å². The first-order chi connectivity index (χ1) is 18.5. The van der Waals surface area contributed by atoms with E-state index >= 15 is 0 Å². The van der Waals surface area contributed by atoms with E-state index in [1.165, 1.54) is 17.5 Å². The van der Waals surface area contributed by atoms with E-state index in [0.717, 1.165) is 90.5 Å². The summed E-state index contributed by atoms with van der Waals surface area (Å²) in [7, 11) is 0. The van der Waals surface area contributed by atoms with Crippen molar-refractivity contribution in [3.63, 3.8) is 0 Å². The molecule has 2 N–H and O–H groups in total. The van der Waals surface area contributed by atoms with Crippen molar-refractivity contribution < 1.29 is 15.0 Å². The summed E-state index contributed by atoms with van der Waals surface area (Å²) < 4.78 is 0. The third kappa shape index (κ3) is 6.86. The maximum absolute atomic E-state index is 12.5. The number of aliphatic carboxylic acids is 1. The van der Waals surface area contributed by atoms with Crippen molar-refractivity contribution in [3.8, 4) is 0 Å². The number of carboxylic acids is 1. The highest BCUT2D eigenvalue weighted by atomic mass is 16.4. The van der Waals surface area contributed by atoms with Crippen LogP contribution in [-0.4, -0.2) is 70.3 Å². The van der Waals surface area contributed by atoms with E-state index in [1.807, 2.05) is 0 Å². The molecule has 1 unspecified atom stereocenters. The SMILES string of the molecule is O=C(O)C(C1CCCCC1)N1C[C@H](CN2CCC(O)(CCCc3ccccc3)CC2)[C@@H](c2ccccc2)C1. The summed E-state index contributed by atoms with van der Waals surface area (Å²) in [4.78, 5) is 17.3. The first-order valence-electron chi connectivity index (χ1n) is 15.0. The molecule has 1 saturated carbocycles. The number of nitrogens with zero attached hydrogens (tertiary/aromatic N) is 2. The lowest BCUT2D eigenvalue weighted by Gasteiger charge is -2.40. The van der Waals surface area contributed by atoms with Gasteiger partial charge in [0, 0.05) is 38.6 Å². The number of hydrogen-bond acceptors (Lipinski definition) is 4. The predicted molar refractivity (Wildman–Crippen MR) is 152 cm³/mol. The summed E-state index contributed by atoms with van der Waals surface area (Å²) in [5, 5.41) is 21.5. The molecule has 1 aliphatic carbocycles. The average molecular weight is 519 g/mol. The van der Waals surface area contributed by atoms with Gasteiger partial charge in [-0.1, -0.05) is 79.9 Å². The molecule has 206 valence electrons. The molecule has 0 spiro atoms. The molecule has 3 aliphatic rings. The zero-order valence-electron chi connectivity index (χ0n) is 22.9. The number of rotatable bonds is 10. The zero-order chi connectivity index (χ0) is 26.4. The second-order valence-electron chi connectivity index (χ2n) is 12.3. The molecule has 0 aromatic heterocycles. The fraction of sp³-hybridized carbons (Fsp3) is 0.606. The van der Waals surface area contributed by atoms with E-state index in [1.54, 1.807) is 0 Å². The Morgan fingerprint density at radius 3 is 2.24 bits per heavy atom. The van der Waals surface area contributed by atoms with Crippen LogP contribution in [0.4, 0.5) is 0 Å². The molecule has 5 nitrogen and oxygen atoms in total. The maximum Gasteiger partial charge on any atom is 0.321 e. The molecule has 0 amide bonds. The Bertz CT molecular complexity index is 999. The van der Waals surface area contributed by atoms with Crippen LogP contribution in [0, 0.1) is 11.8 Å². The summed E-state index contributed by atoms with van der Waals surface area (Å²) in [5.74, 6) is 0.403. The molecule has 2 aliphatic heterocycles. The molecule has 2 heterocycles. The number of hydrogen-bond donors (Lipinski definition) is 2. The van der Waals surface area contributed by atoms with Crippen molar-refractivity contribution in [2.45, 2.75) is 81.8 Å². The molecule has 2 saturated heterocycles. The van der Waals surface area contributed by atoms with Gasteiger partial charge in [-0.15, -0.1) is 0 Å². The summed E-state index contributed by atoms with van der Waals surface area (Å²) in [6, 6.07) is 20.9. The Morgan fingerprint density at radius 1 is 0.921 bits per heavy atom. The fourth-order valence-corrected chi connectivity index (χ4v) is 7.50.